The zero-order valence-electron chi connectivity index (χ0n) is 9.78. The van der Waals surface area contributed by atoms with Crippen LogP contribution >= 0.6 is 0 Å². The van der Waals surface area contributed by atoms with Crippen LogP contribution in [-0.2, 0) is 6.42 Å². The van der Waals surface area contributed by atoms with Gasteiger partial charge in [0.2, 0.25) is 0 Å². The minimum Gasteiger partial charge on any atom is -0.245 e. The Kier molecular flexibility index (Phi) is 6.80. The molecule has 0 spiro atoms. The highest BCUT2D eigenvalue weighted by atomic mass is 14.8. The molecule has 0 unspecified atom stereocenters. The summed E-state index contributed by atoms with van der Waals surface area (Å²) in [6, 6.07) is 0. The Morgan fingerprint density at radius 3 is 2.13 bits per heavy atom. The first-order valence-electron chi connectivity index (χ1n) is 6.17. The van der Waals surface area contributed by atoms with E-state index in [2.05, 4.69) is 16.9 Å². The molecule has 84 valence electrons. The fourth-order valence-corrected chi connectivity index (χ4v) is 1.75. The van der Waals surface area contributed by atoms with Crippen molar-refractivity contribution in [3.63, 3.8) is 0 Å². The Bertz CT molecular complexity index is 234. The summed E-state index contributed by atoms with van der Waals surface area (Å²) in [5, 5.41) is 0. The highest BCUT2D eigenvalue weighted by molar-refractivity contribution is 5.01. The van der Waals surface area contributed by atoms with Gasteiger partial charge in [0.05, 0.1) is 0 Å². The molecule has 1 aromatic heterocycles. The first kappa shape index (κ1) is 12.2. The monoisotopic (exact) mass is 206 g/mol. The fraction of sp³-hybridized carbons (Fsp3) is 0.692. The second kappa shape index (κ2) is 8.39. The molecule has 0 saturated carbocycles. The van der Waals surface area contributed by atoms with Crippen LogP contribution in [0, 0.1) is 0 Å². The van der Waals surface area contributed by atoms with Crippen LogP contribution < -0.4 is 0 Å². The van der Waals surface area contributed by atoms with E-state index in [1.165, 1.54) is 50.5 Å². The number of unbranched alkanes of at least 4 members (excludes halogenated alkanes) is 6. The average molecular weight is 206 g/mol. The first-order valence-corrected chi connectivity index (χ1v) is 6.17. The molecule has 1 rings (SSSR count). The van der Waals surface area contributed by atoms with Crippen LogP contribution in [0.3, 0.4) is 0 Å². The van der Waals surface area contributed by atoms with E-state index < -0.39 is 0 Å². The van der Waals surface area contributed by atoms with Gasteiger partial charge in [0, 0.05) is 12.4 Å². The Morgan fingerprint density at radius 1 is 0.867 bits per heavy atom. The standard InChI is InChI=1S/C13H22N2/c1-2-3-4-5-6-7-8-9-13-10-14-12-15-11-13/h10-12H,2-9H2,1H3. The molecule has 0 fully saturated rings. The summed E-state index contributed by atoms with van der Waals surface area (Å²) >= 11 is 0. The summed E-state index contributed by atoms with van der Waals surface area (Å²) in [5.41, 5.74) is 1.27. The molecule has 0 aliphatic carbocycles. The van der Waals surface area contributed by atoms with E-state index in [0.717, 1.165) is 6.42 Å². The fourth-order valence-electron chi connectivity index (χ4n) is 1.75. The molecular formula is C13H22N2. The van der Waals surface area contributed by atoms with Gasteiger partial charge in [0.25, 0.3) is 0 Å². The predicted molar refractivity (Wildman–Crippen MR) is 63.7 cm³/mol. The van der Waals surface area contributed by atoms with E-state index in [4.69, 9.17) is 0 Å². The number of rotatable bonds is 8. The van der Waals surface area contributed by atoms with Gasteiger partial charge in [0.1, 0.15) is 6.33 Å². The number of aromatic nitrogens is 2. The molecule has 0 aliphatic heterocycles. The summed E-state index contributed by atoms with van der Waals surface area (Å²) in [7, 11) is 0. The zero-order chi connectivity index (χ0) is 10.8. The van der Waals surface area contributed by atoms with Gasteiger partial charge in [-0.15, -0.1) is 0 Å². The minimum atomic E-state index is 1.13. The third-order valence-corrected chi connectivity index (χ3v) is 2.68. The zero-order valence-corrected chi connectivity index (χ0v) is 9.78. The van der Waals surface area contributed by atoms with Crippen molar-refractivity contribution in [2.45, 2.75) is 58.3 Å². The van der Waals surface area contributed by atoms with Gasteiger partial charge in [-0.25, -0.2) is 9.97 Å². The van der Waals surface area contributed by atoms with E-state index in [-0.39, 0.29) is 0 Å². The lowest BCUT2D eigenvalue weighted by Crippen LogP contribution is -1.88. The number of hydrogen-bond acceptors (Lipinski definition) is 2. The van der Waals surface area contributed by atoms with Crippen molar-refractivity contribution >= 4 is 0 Å². The van der Waals surface area contributed by atoms with Crippen molar-refractivity contribution in [2.75, 3.05) is 0 Å². The largest absolute Gasteiger partial charge is 0.245 e. The Balaban J connectivity index is 1.93. The topological polar surface area (TPSA) is 25.8 Å². The maximum atomic E-state index is 4.01. The maximum Gasteiger partial charge on any atom is 0.115 e. The molecule has 15 heavy (non-hydrogen) atoms. The SMILES string of the molecule is CCCCCCCCCc1cncnc1. The van der Waals surface area contributed by atoms with Gasteiger partial charge in [-0.2, -0.15) is 0 Å². The molecule has 2 heteroatoms. The second-order valence-corrected chi connectivity index (χ2v) is 4.12. The Morgan fingerprint density at radius 2 is 1.47 bits per heavy atom. The molecule has 1 heterocycles. The summed E-state index contributed by atoms with van der Waals surface area (Å²) in [6.07, 6.45) is 16.1. The van der Waals surface area contributed by atoms with Crippen molar-refractivity contribution < 1.29 is 0 Å². The van der Waals surface area contributed by atoms with Gasteiger partial charge in [0.15, 0.2) is 0 Å². The van der Waals surface area contributed by atoms with E-state index in [1.807, 2.05) is 12.4 Å². The van der Waals surface area contributed by atoms with E-state index in [1.54, 1.807) is 6.33 Å². The van der Waals surface area contributed by atoms with E-state index in [9.17, 15) is 0 Å². The molecule has 0 radical (unpaired) electrons. The van der Waals surface area contributed by atoms with Crippen LogP contribution in [0.25, 0.3) is 0 Å². The van der Waals surface area contributed by atoms with Crippen LogP contribution in [0.5, 0.6) is 0 Å². The van der Waals surface area contributed by atoms with Gasteiger partial charge in [-0.3, -0.25) is 0 Å². The number of aryl methyl sites for hydroxylation is 1. The third-order valence-electron chi connectivity index (χ3n) is 2.68. The van der Waals surface area contributed by atoms with Crippen LogP contribution in [-0.4, -0.2) is 9.97 Å². The highest BCUT2D eigenvalue weighted by Crippen LogP contribution is 2.09. The summed E-state index contributed by atoms with van der Waals surface area (Å²) < 4.78 is 0. The summed E-state index contributed by atoms with van der Waals surface area (Å²) in [5.74, 6) is 0. The molecule has 0 aromatic carbocycles. The lowest BCUT2D eigenvalue weighted by Gasteiger charge is -2.01. The van der Waals surface area contributed by atoms with E-state index in [0.29, 0.717) is 0 Å². The molecule has 0 N–H and O–H groups in total. The third kappa shape index (κ3) is 6.21. The molecule has 1 aromatic rings. The number of nitrogens with zero attached hydrogens (tertiary/aromatic N) is 2. The van der Waals surface area contributed by atoms with E-state index >= 15 is 0 Å². The molecule has 0 saturated heterocycles. The first-order chi connectivity index (χ1) is 7.43. The van der Waals surface area contributed by atoms with Crippen molar-refractivity contribution in [2.24, 2.45) is 0 Å². The maximum absolute atomic E-state index is 4.01. The van der Waals surface area contributed by atoms with Crippen molar-refractivity contribution in [3.8, 4) is 0 Å². The normalized spacial score (nSPS) is 10.5. The molecular weight excluding hydrogens is 184 g/mol. The van der Waals surface area contributed by atoms with Crippen LogP contribution in [0.2, 0.25) is 0 Å². The molecule has 0 aliphatic rings. The van der Waals surface area contributed by atoms with Crippen LogP contribution in [0.1, 0.15) is 57.4 Å². The average Bonchev–Trinajstić information content (AvgIpc) is 2.29. The van der Waals surface area contributed by atoms with Crippen molar-refractivity contribution in [1.82, 2.24) is 9.97 Å². The van der Waals surface area contributed by atoms with Gasteiger partial charge in [-0.1, -0.05) is 45.4 Å². The Labute approximate surface area is 93.2 Å². The smallest absolute Gasteiger partial charge is 0.115 e. The lowest BCUT2D eigenvalue weighted by atomic mass is 10.1. The van der Waals surface area contributed by atoms with Crippen LogP contribution in [0.15, 0.2) is 18.7 Å². The number of hydrogen-bond donors (Lipinski definition) is 0. The van der Waals surface area contributed by atoms with Gasteiger partial charge in [-0.05, 0) is 18.4 Å². The summed E-state index contributed by atoms with van der Waals surface area (Å²) in [6.45, 7) is 2.26. The molecule has 0 atom stereocenters. The summed E-state index contributed by atoms with van der Waals surface area (Å²) in [4.78, 5) is 8.03. The second-order valence-electron chi connectivity index (χ2n) is 4.12. The molecule has 0 amide bonds. The Hall–Kier alpha value is -0.920. The van der Waals surface area contributed by atoms with Crippen LogP contribution in [0.4, 0.5) is 0 Å². The molecule has 2 nitrogen and oxygen atoms in total. The molecule has 0 bridgehead atoms. The van der Waals surface area contributed by atoms with Gasteiger partial charge < -0.3 is 0 Å². The van der Waals surface area contributed by atoms with Crippen molar-refractivity contribution in [3.05, 3.63) is 24.3 Å². The highest BCUT2D eigenvalue weighted by Gasteiger charge is 1.94. The minimum absolute atomic E-state index is 1.13. The predicted octanol–water partition coefficient (Wildman–Crippen LogP) is 3.77. The lowest BCUT2D eigenvalue weighted by molar-refractivity contribution is 0.589. The van der Waals surface area contributed by atoms with Gasteiger partial charge >= 0.3 is 0 Å². The van der Waals surface area contributed by atoms with Crippen molar-refractivity contribution in [1.29, 1.82) is 0 Å². The quantitative estimate of drug-likeness (QED) is 0.605.